The van der Waals surface area contributed by atoms with Gasteiger partial charge >= 0.3 is 5.97 Å². The predicted octanol–water partition coefficient (Wildman–Crippen LogP) is 0.312. The lowest BCUT2D eigenvalue weighted by molar-refractivity contribution is -0.137. The Morgan fingerprint density at radius 3 is 2.43 bits per heavy atom. The number of ether oxygens (including phenoxy) is 1. The Balaban J connectivity index is 0.000000816. The van der Waals surface area contributed by atoms with Gasteiger partial charge in [0.15, 0.2) is 0 Å². The van der Waals surface area contributed by atoms with Crippen LogP contribution in [-0.4, -0.2) is 71.8 Å². The number of piperidine rings is 1. The first-order valence-corrected chi connectivity index (χ1v) is 7.99. The standard InChI is InChI=1S/C14H24N2O4.CH2O2/c17-13(5-4-6-14(18)19)15-11-9-20-10-12(11)16-7-2-1-3-8-16;2-1-3/h11-12H,1-10H2,(H,15,17)(H,18,19);1H,(H,2,3)/t11-,12-;/m0./s1. The smallest absolute Gasteiger partial charge is 0.303 e. The van der Waals surface area contributed by atoms with Crippen molar-refractivity contribution in [1.82, 2.24) is 10.2 Å². The Morgan fingerprint density at radius 2 is 1.83 bits per heavy atom. The molecular formula is C15H26N2O6. The number of nitrogens with one attached hydrogen (secondary N) is 1. The van der Waals surface area contributed by atoms with Crippen molar-refractivity contribution in [3.8, 4) is 0 Å². The molecule has 2 fully saturated rings. The highest BCUT2D eigenvalue weighted by Gasteiger charge is 2.34. The van der Waals surface area contributed by atoms with Crippen molar-refractivity contribution in [2.24, 2.45) is 0 Å². The molecule has 0 aromatic carbocycles. The average Bonchev–Trinajstić information content (AvgIpc) is 2.96. The molecule has 2 saturated heterocycles. The van der Waals surface area contributed by atoms with E-state index in [1.807, 2.05) is 0 Å². The van der Waals surface area contributed by atoms with E-state index in [9.17, 15) is 9.59 Å². The molecule has 0 aliphatic carbocycles. The quantitative estimate of drug-likeness (QED) is 0.600. The van der Waals surface area contributed by atoms with Gasteiger partial charge in [-0.3, -0.25) is 19.3 Å². The number of hydrogen-bond acceptors (Lipinski definition) is 5. The number of carboxylic acids is 1. The van der Waals surface area contributed by atoms with Crippen LogP contribution in [-0.2, 0) is 19.1 Å². The van der Waals surface area contributed by atoms with Crippen LogP contribution >= 0.6 is 0 Å². The molecule has 0 bridgehead atoms. The van der Waals surface area contributed by atoms with Gasteiger partial charge in [0.1, 0.15) is 0 Å². The molecule has 0 aromatic rings. The van der Waals surface area contributed by atoms with Gasteiger partial charge < -0.3 is 20.3 Å². The lowest BCUT2D eigenvalue weighted by atomic mass is 10.0. The van der Waals surface area contributed by atoms with Crippen molar-refractivity contribution >= 4 is 18.3 Å². The second-order valence-electron chi connectivity index (χ2n) is 5.73. The fourth-order valence-corrected chi connectivity index (χ4v) is 2.97. The third-order valence-electron chi connectivity index (χ3n) is 4.05. The van der Waals surface area contributed by atoms with Crippen LogP contribution in [0.3, 0.4) is 0 Å². The minimum atomic E-state index is -0.854. The zero-order chi connectivity index (χ0) is 17.1. The second kappa shape index (κ2) is 11.0. The molecule has 0 radical (unpaired) electrons. The third kappa shape index (κ3) is 7.43. The molecule has 2 aliphatic rings. The number of hydrogen-bond donors (Lipinski definition) is 3. The van der Waals surface area contributed by atoms with Crippen LogP contribution in [0, 0.1) is 0 Å². The maximum atomic E-state index is 11.8. The molecule has 2 aliphatic heterocycles. The molecule has 0 spiro atoms. The Hall–Kier alpha value is -1.67. The molecule has 2 atom stereocenters. The number of carbonyl (C=O) groups is 3. The van der Waals surface area contributed by atoms with E-state index in [4.69, 9.17) is 19.7 Å². The SMILES string of the molecule is O=C(O)CCCC(=O)N[C@H]1COC[C@@H]1N1CCCCC1.O=CO. The van der Waals surface area contributed by atoms with Gasteiger partial charge in [0, 0.05) is 12.8 Å². The van der Waals surface area contributed by atoms with Gasteiger partial charge in [-0.1, -0.05) is 6.42 Å². The Kier molecular flexibility index (Phi) is 9.23. The maximum Gasteiger partial charge on any atom is 0.303 e. The van der Waals surface area contributed by atoms with Gasteiger partial charge in [0.05, 0.1) is 25.3 Å². The number of carbonyl (C=O) groups excluding carboxylic acids is 1. The number of likely N-dealkylation sites (tertiary alicyclic amines) is 1. The molecular weight excluding hydrogens is 304 g/mol. The van der Waals surface area contributed by atoms with Gasteiger partial charge in [-0.25, -0.2) is 0 Å². The zero-order valence-electron chi connectivity index (χ0n) is 13.3. The first kappa shape index (κ1) is 19.4. The topological polar surface area (TPSA) is 116 Å². The largest absolute Gasteiger partial charge is 0.483 e. The van der Waals surface area contributed by atoms with Crippen molar-refractivity contribution in [1.29, 1.82) is 0 Å². The summed E-state index contributed by atoms with van der Waals surface area (Å²) in [6.45, 7) is 3.16. The van der Waals surface area contributed by atoms with Crippen LogP contribution in [0.5, 0.6) is 0 Å². The number of nitrogens with zero attached hydrogens (tertiary/aromatic N) is 1. The fourth-order valence-electron chi connectivity index (χ4n) is 2.97. The third-order valence-corrected chi connectivity index (χ3v) is 4.05. The maximum absolute atomic E-state index is 11.8. The van der Waals surface area contributed by atoms with Gasteiger partial charge in [-0.2, -0.15) is 0 Å². The Bertz CT molecular complexity index is 384. The lowest BCUT2D eigenvalue weighted by Crippen LogP contribution is -2.52. The monoisotopic (exact) mass is 330 g/mol. The summed E-state index contributed by atoms with van der Waals surface area (Å²) in [6.07, 6.45) is 4.44. The summed E-state index contributed by atoms with van der Waals surface area (Å²) in [6, 6.07) is 0.323. The summed E-state index contributed by atoms with van der Waals surface area (Å²) < 4.78 is 5.52. The van der Waals surface area contributed by atoms with E-state index in [0.717, 1.165) is 13.1 Å². The first-order chi connectivity index (χ1) is 11.1. The highest BCUT2D eigenvalue weighted by molar-refractivity contribution is 5.77. The van der Waals surface area contributed by atoms with Crippen LogP contribution in [0.4, 0.5) is 0 Å². The van der Waals surface area contributed by atoms with Gasteiger partial charge in [-0.05, 0) is 32.4 Å². The fraction of sp³-hybridized carbons (Fsp3) is 0.800. The molecule has 3 N–H and O–H groups in total. The van der Waals surface area contributed by atoms with Gasteiger partial charge in [0.25, 0.3) is 6.47 Å². The highest BCUT2D eigenvalue weighted by atomic mass is 16.5. The van der Waals surface area contributed by atoms with Crippen molar-refractivity contribution in [3.63, 3.8) is 0 Å². The van der Waals surface area contributed by atoms with Crippen LogP contribution in [0.15, 0.2) is 0 Å². The first-order valence-electron chi connectivity index (χ1n) is 7.99. The minimum Gasteiger partial charge on any atom is -0.483 e. The number of carboxylic acid groups (broad SMARTS) is 2. The summed E-state index contributed by atoms with van der Waals surface area (Å²) >= 11 is 0. The molecule has 0 aromatic heterocycles. The van der Waals surface area contributed by atoms with E-state index < -0.39 is 5.97 Å². The number of amides is 1. The van der Waals surface area contributed by atoms with E-state index in [0.29, 0.717) is 19.6 Å². The average molecular weight is 330 g/mol. The summed E-state index contributed by atoms with van der Waals surface area (Å²) in [5.74, 6) is -0.919. The van der Waals surface area contributed by atoms with Crippen molar-refractivity contribution < 1.29 is 29.3 Å². The Morgan fingerprint density at radius 1 is 1.17 bits per heavy atom. The van der Waals surface area contributed by atoms with Crippen molar-refractivity contribution in [3.05, 3.63) is 0 Å². The molecule has 1 amide bonds. The summed E-state index contributed by atoms with van der Waals surface area (Å²) in [5, 5.41) is 18.5. The van der Waals surface area contributed by atoms with Gasteiger partial charge in [-0.15, -0.1) is 0 Å². The summed E-state index contributed by atoms with van der Waals surface area (Å²) in [4.78, 5) is 33.0. The predicted molar refractivity (Wildman–Crippen MR) is 82.1 cm³/mol. The number of aliphatic carboxylic acids is 1. The van der Waals surface area contributed by atoms with E-state index >= 15 is 0 Å². The van der Waals surface area contributed by atoms with Crippen molar-refractivity contribution in [2.45, 2.75) is 50.6 Å². The molecule has 0 saturated carbocycles. The Labute approximate surface area is 135 Å². The van der Waals surface area contributed by atoms with E-state index in [1.165, 1.54) is 19.3 Å². The van der Waals surface area contributed by atoms with Crippen LogP contribution in [0.1, 0.15) is 38.5 Å². The summed E-state index contributed by atoms with van der Waals surface area (Å²) in [7, 11) is 0. The van der Waals surface area contributed by atoms with Crippen LogP contribution < -0.4 is 5.32 Å². The highest BCUT2D eigenvalue weighted by Crippen LogP contribution is 2.19. The lowest BCUT2D eigenvalue weighted by Gasteiger charge is -2.34. The normalized spacial score (nSPS) is 24.3. The molecule has 8 nitrogen and oxygen atoms in total. The van der Waals surface area contributed by atoms with Crippen LogP contribution in [0.25, 0.3) is 0 Å². The van der Waals surface area contributed by atoms with Crippen molar-refractivity contribution in [2.75, 3.05) is 26.3 Å². The molecule has 8 heteroatoms. The van der Waals surface area contributed by atoms with Gasteiger partial charge in [0.2, 0.25) is 5.91 Å². The second-order valence-corrected chi connectivity index (χ2v) is 5.73. The van der Waals surface area contributed by atoms with E-state index in [-0.39, 0.29) is 37.3 Å². The molecule has 2 heterocycles. The van der Waals surface area contributed by atoms with Crippen LogP contribution in [0.2, 0.25) is 0 Å². The number of rotatable bonds is 6. The zero-order valence-corrected chi connectivity index (χ0v) is 13.3. The summed E-state index contributed by atoms with van der Waals surface area (Å²) in [5.41, 5.74) is 0. The molecule has 2 rings (SSSR count). The molecule has 0 unspecified atom stereocenters. The van der Waals surface area contributed by atoms with E-state index in [2.05, 4.69) is 10.2 Å². The minimum absolute atomic E-state index is 0.0458. The molecule has 23 heavy (non-hydrogen) atoms. The van der Waals surface area contributed by atoms with E-state index in [1.54, 1.807) is 0 Å². The molecule has 132 valence electrons.